The molecule has 0 bridgehead atoms. The van der Waals surface area contributed by atoms with Gasteiger partial charge in [-0.15, -0.1) is 23.1 Å². The number of hydrogen-bond acceptors (Lipinski definition) is 7. The minimum Gasteiger partial charge on any atom is -0.465 e. The Morgan fingerprint density at radius 3 is 2.44 bits per heavy atom. The van der Waals surface area contributed by atoms with E-state index in [0.29, 0.717) is 38.8 Å². The van der Waals surface area contributed by atoms with Gasteiger partial charge in [0.25, 0.3) is 11.8 Å². The zero-order valence-corrected chi connectivity index (χ0v) is 29.0. The summed E-state index contributed by atoms with van der Waals surface area (Å²) in [6, 6.07) is 22.8. The summed E-state index contributed by atoms with van der Waals surface area (Å²) in [5.41, 5.74) is 2.92. The summed E-state index contributed by atoms with van der Waals surface area (Å²) in [4.78, 5) is 54.8. The maximum absolute atomic E-state index is 13.6. The average molecular weight is 702 g/mol. The molecule has 4 aromatic rings. The minimum absolute atomic E-state index is 0.0107. The highest BCUT2D eigenvalue weighted by atomic mass is 35.5. The average Bonchev–Trinajstić information content (AvgIpc) is 3.26. The Balaban J connectivity index is 1.32. The third-order valence-corrected chi connectivity index (χ3v) is 10.7. The van der Waals surface area contributed by atoms with E-state index in [1.807, 2.05) is 13.0 Å². The molecule has 1 atom stereocenters. The maximum Gasteiger partial charge on any atom is 0.341 e. The minimum atomic E-state index is -0.543. The summed E-state index contributed by atoms with van der Waals surface area (Å²) < 4.78 is 5.09. The van der Waals surface area contributed by atoms with Gasteiger partial charge < -0.3 is 20.7 Å². The lowest BCUT2D eigenvalue weighted by Crippen LogP contribution is -2.30. The topological polar surface area (TPSA) is 114 Å². The van der Waals surface area contributed by atoms with E-state index in [2.05, 4.69) is 16.0 Å². The molecule has 3 amide bonds. The predicted molar refractivity (Wildman–Crippen MR) is 194 cm³/mol. The van der Waals surface area contributed by atoms with E-state index >= 15 is 0 Å². The molecule has 3 aromatic carbocycles. The first-order valence-electron chi connectivity index (χ1n) is 15.7. The summed E-state index contributed by atoms with van der Waals surface area (Å²) >= 11 is 9.19. The van der Waals surface area contributed by atoms with Crippen molar-refractivity contribution in [3.05, 3.63) is 117 Å². The molecule has 0 fully saturated rings. The first-order chi connectivity index (χ1) is 23.3. The van der Waals surface area contributed by atoms with Crippen LogP contribution >= 0.6 is 34.7 Å². The number of carbonyl (C=O) groups is 4. The first kappa shape index (κ1) is 34.9. The fourth-order valence-corrected chi connectivity index (χ4v) is 7.85. The molecular weight excluding hydrogens is 666 g/mol. The molecule has 1 unspecified atom stereocenters. The van der Waals surface area contributed by atoms with Gasteiger partial charge in [0.2, 0.25) is 5.91 Å². The lowest BCUT2D eigenvalue weighted by atomic mass is 10.1. The second-order valence-electron chi connectivity index (χ2n) is 11.1. The number of hydrogen-bond donors (Lipinski definition) is 3. The van der Waals surface area contributed by atoms with Crippen LogP contribution in [0.25, 0.3) is 6.08 Å². The summed E-state index contributed by atoms with van der Waals surface area (Å²) in [6.07, 6.45) is 6.90. The van der Waals surface area contributed by atoms with Crippen LogP contribution in [0.1, 0.15) is 69.3 Å². The molecule has 1 heterocycles. The number of carbonyl (C=O) groups excluding carboxylic acids is 4. The number of thiophene rings is 1. The molecule has 1 aromatic heterocycles. The van der Waals surface area contributed by atoms with Gasteiger partial charge >= 0.3 is 5.97 Å². The number of nitrogens with one attached hydrogen (secondary N) is 3. The third-order valence-electron chi connectivity index (χ3n) is 7.81. The van der Waals surface area contributed by atoms with Crippen LogP contribution in [0.2, 0.25) is 5.02 Å². The van der Waals surface area contributed by atoms with Crippen LogP contribution in [-0.2, 0) is 27.2 Å². The molecule has 0 saturated carbocycles. The Labute approximate surface area is 293 Å². The standard InChI is InChI=1S/C37H36ClN3O5S2/c1-3-30(35(44)41-36-32(37(45)46-2)27-18-8-5-9-20-31(27)48-36)47-26-17-12-16-25(22-26)39-34(43)29(21-24-15-10-11-19-28(24)38)40-33(42)23-13-6-4-7-14-23/h4,6-7,10-17,19,21-22,30H,3,5,8-9,18,20H2,1-2H3,(H,39,43)(H,40,42)(H,41,44)/b29-21+. The second-order valence-corrected chi connectivity index (χ2v) is 13.9. The van der Waals surface area contributed by atoms with Gasteiger partial charge in [-0.3, -0.25) is 14.4 Å². The molecule has 48 heavy (non-hydrogen) atoms. The number of benzene rings is 3. The van der Waals surface area contributed by atoms with Gasteiger partial charge in [0.15, 0.2) is 0 Å². The molecule has 5 rings (SSSR count). The van der Waals surface area contributed by atoms with Crippen LogP contribution in [0.15, 0.2) is 89.5 Å². The highest BCUT2D eigenvalue weighted by molar-refractivity contribution is 8.00. The molecule has 1 aliphatic carbocycles. The number of fused-ring (bicyclic) bond motifs is 1. The number of thioether (sulfide) groups is 1. The summed E-state index contributed by atoms with van der Waals surface area (Å²) in [6.45, 7) is 1.93. The van der Waals surface area contributed by atoms with Crippen molar-refractivity contribution < 1.29 is 23.9 Å². The van der Waals surface area contributed by atoms with Crippen molar-refractivity contribution in [3.8, 4) is 0 Å². The zero-order chi connectivity index (χ0) is 34.0. The largest absolute Gasteiger partial charge is 0.465 e. The molecule has 1 aliphatic rings. The second kappa shape index (κ2) is 16.6. The fourth-order valence-electron chi connectivity index (χ4n) is 5.36. The number of aryl methyl sites for hydroxylation is 1. The van der Waals surface area contributed by atoms with Crippen molar-refractivity contribution in [2.45, 2.75) is 55.6 Å². The lowest BCUT2D eigenvalue weighted by Gasteiger charge is -2.16. The third kappa shape index (κ3) is 8.74. The van der Waals surface area contributed by atoms with Gasteiger partial charge in [-0.25, -0.2) is 4.79 Å². The smallest absolute Gasteiger partial charge is 0.341 e. The van der Waals surface area contributed by atoms with Crippen LogP contribution in [0.5, 0.6) is 0 Å². The number of esters is 1. The summed E-state index contributed by atoms with van der Waals surface area (Å²) in [7, 11) is 1.36. The molecule has 0 radical (unpaired) electrons. The molecule has 248 valence electrons. The Morgan fingerprint density at radius 2 is 1.69 bits per heavy atom. The number of ether oxygens (including phenoxy) is 1. The first-order valence-corrected chi connectivity index (χ1v) is 17.8. The SMILES string of the molecule is CCC(Sc1cccc(NC(=O)/C(=C\c2ccccc2Cl)NC(=O)c2ccccc2)c1)C(=O)Nc1sc2c(c1C(=O)OC)CCCCC2. The molecule has 0 spiro atoms. The van der Waals surface area contributed by atoms with E-state index in [9.17, 15) is 19.2 Å². The van der Waals surface area contributed by atoms with Crippen LogP contribution in [0, 0.1) is 0 Å². The number of amides is 3. The Kier molecular flexibility index (Phi) is 12.1. The molecule has 11 heteroatoms. The molecule has 8 nitrogen and oxygen atoms in total. The van der Waals surface area contributed by atoms with Gasteiger partial charge in [0, 0.05) is 26.0 Å². The fraction of sp³-hybridized carbons (Fsp3) is 0.243. The van der Waals surface area contributed by atoms with Crippen LogP contribution in [-0.4, -0.2) is 36.1 Å². The monoisotopic (exact) mass is 701 g/mol. The Hall–Kier alpha value is -4.38. The summed E-state index contributed by atoms with van der Waals surface area (Å²) in [5, 5.41) is 9.11. The highest BCUT2D eigenvalue weighted by Crippen LogP contribution is 2.39. The van der Waals surface area contributed by atoms with Crippen LogP contribution < -0.4 is 16.0 Å². The van der Waals surface area contributed by atoms with Crippen molar-refractivity contribution in [1.29, 1.82) is 0 Å². The van der Waals surface area contributed by atoms with E-state index in [1.54, 1.807) is 72.8 Å². The number of halogens is 1. The number of rotatable bonds is 11. The van der Waals surface area contributed by atoms with E-state index in [4.69, 9.17) is 16.3 Å². The van der Waals surface area contributed by atoms with Crippen molar-refractivity contribution in [2.24, 2.45) is 0 Å². The van der Waals surface area contributed by atoms with Gasteiger partial charge in [0.05, 0.1) is 17.9 Å². The summed E-state index contributed by atoms with van der Waals surface area (Å²) in [5.74, 6) is -1.63. The van der Waals surface area contributed by atoms with E-state index in [0.717, 1.165) is 47.4 Å². The van der Waals surface area contributed by atoms with E-state index in [1.165, 1.54) is 36.3 Å². The normalized spacial score (nSPS) is 13.4. The van der Waals surface area contributed by atoms with Crippen molar-refractivity contribution >= 4 is 75.2 Å². The van der Waals surface area contributed by atoms with Crippen LogP contribution in [0.4, 0.5) is 10.7 Å². The molecule has 0 aliphatic heterocycles. The number of anilines is 2. The quantitative estimate of drug-likeness (QED) is 0.0627. The molecular formula is C37H36ClN3O5S2. The van der Waals surface area contributed by atoms with Crippen LogP contribution in [0.3, 0.4) is 0 Å². The highest BCUT2D eigenvalue weighted by Gasteiger charge is 2.28. The zero-order valence-electron chi connectivity index (χ0n) is 26.6. The van der Waals surface area contributed by atoms with Crippen molar-refractivity contribution in [3.63, 3.8) is 0 Å². The number of methoxy groups -OCH3 is 1. The predicted octanol–water partition coefficient (Wildman–Crippen LogP) is 8.38. The maximum atomic E-state index is 13.6. The molecule has 0 saturated heterocycles. The lowest BCUT2D eigenvalue weighted by molar-refractivity contribution is -0.116. The molecule has 3 N–H and O–H groups in total. The van der Waals surface area contributed by atoms with Gasteiger partial charge in [-0.1, -0.05) is 67.4 Å². The van der Waals surface area contributed by atoms with Crippen molar-refractivity contribution in [1.82, 2.24) is 5.32 Å². The van der Waals surface area contributed by atoms with Gasteiger partial charge in [-0.05, 0) is 85.7 Å². The van der Waals surface area contributed by atoms with Gasteiger partial charge in [-0.2, -0.15) is 0 Å². The Bertz CT molecular complexity index is 1840. The van der Waals surface area contributed by atoms with Crippen molar-refractivity contribution in [2.75, 3.05) is 17.7 Å². The van der Waals surface area contributed by atoms with E-state index < -0.39 is 23.0 Å². The Morgan fingerprint density at radius 1 is 0.938 bits per heavy atom. The van der Waals surface area contributed by atoms with Gasteiger partial charge in [0.1, 0.15) is 10.7 Å². The van der Waals surface area contributed by atoms with E-state index in [-0.39, 0.29) is 11.6 Å².